The summed E-state index contributed by atoms with van der Waals surface area (Å²) in [6.07, 6.45) is -3.30. The third-order valence-electron chi connectivity index (χ3n) is 4.28. The summed E-state index contributed by atoms with van der Waals surface area (Å²) in [5.41, 5.74) is 0.618. The summed E-state index contributed by atoms with van der Waals surface area (Å²) in [6, 6.07) is 6.30. The van der Waals surface area contributed by atoms with Crippen molar-refractivity contribution in [2.24, 2.45) is 5.92 Å². The molecule has 1 aliphatic rings. The van der Waals surface area contributed by atoms with Gasteiger partial charge >= 0.3 is 12.5 Å². The zero-order chi connectivity index (χ0) is 15.5. The second-order valence-corrected chi connectivity index (χ2v) is 5.63. The third-order valence-corrected chi connectivity index (χ3v) is 4.28. The van der Waals surface area contributed by atoms with E-state index in [-0.39, 0.29) is 11.7 Å². The predicted octanol–water partition coefficient (Wildman–Crippen LogP) is 5.61. The smallest absolute Gasteiger partial charge is 0.428 e. The maximum Gasteiger partial charge on any atom is 0.461 e. The van der Waals surface area contributed by atoms with Crippen LogP contribution in [-0.4, -0.2) is 12.5 Å². The molecule has 2 rings (SSSR count). The Bertz CT molecular complexity index is 453. The van der Waals surface area contributed by atoms with Crippen LogP contribution < -0.4 is 4.74 Å². The zero-order valence-corrected chi connectivity index (χ0v) is 12.0. The van der Waals surface area contributed by atoms with Gasteiger partial charge in [0.25, 0.3) is 0 Å². The number of hydrogen-bond donors (Lipinski definition) is 0. The van der Waals surface area contributed by atoms with Crippen molar-refractivity contribution in [2.75, 3.05) is 0 Å². The minimum Gasteiger partial charge on any atom is -0.428 e. The van der Waals surface area contributed by atoms with Crippen molar-refractivity contribution in [1.29, 1.82) is 0 Å². The van der Waals surface area contributed by atoms with E-state index in [4.69, 9.17) is 0 Å². The van der Waals surface area contributed by atoms with Crippen molar-refractivity contribution in [1.82, 2.24) is 0 Å². The maximum atomic E-state index is 13.1. The first-order chi connectivity index (χ1) is 9.94. The summed E-state index contributed by atoms with van der Waals surface area (Å²) >= 11 is 0. The number of rotatable bonds is 5. The fourth-order valence-corrected chi connectivity index (χ4v) is 2.98. The fraction of sp³-hybridized carbons (Fsp3) is 0.625. The highest BCUT2D eigenvalue weighted by Crippen LogP contribution is 2.41. The summed E-state index contributed by atoms with van der Waals surface area (Å²) in [5.74, 6) is 0.664. The number of hydrogen-bond acceptors (Lipinski definition) is 1. The first-order valence-electron chi connectivity index (χ1n) is 7.38. The van der Waals surface area contributed by atoms with Crippen LogP contribution in [0.5, 0.6) is 5.75 Å². The van der Waals surface area contributed by atoms with Gasteiger partial charge in [-0.3, -0.25) is 0 Å². The van der Waals surface area contributed by atoms with Crippen LogP contribution in [0, 0.1) is 5.92 Å². The van der Waals surface area contributed by atoms with Gasteiger partial charge in [-0.25, -0.2) is 0 Å². The lowest BCUT2D eigenvalue weighted by Gasteiger charge is -2.29. The van der Waals surface area contributed by atoms with Crippen molar-refractivity contribution in [3.63, 3.8) is 0 Å². The molecule has 0 saturated heterocycles. The fourth-order valence-electron chi connectivity index (χ4n) is 2.98. The van der Waals surface area contributed by atoms with Crippen LogP contribution in [0.25, 0.3) is 0 Å². The highest BCUT2D eigenvalue weighted by Gasteiger charge is 2.44. The molecule has 1 nitrogen and oxygen atoms in total. The van der Waals surface area contributed by atoms with Gasteiger partial charge in [0.1, 0.15) is 5.75 Å². The first kappa shape index (κ1) is 16.1. The molecule has 0 radical (unpaired) electrons. The quantitative estimate of drug-likeness (QED) is 0.643. The molecule has 21 heavy (non-hydrogen) atoms. The summed E-state index contributed by atoms with van der Waals surface area (Å²) in [5, 5.41) is 0. The van der Waals surface area contributed by atoms with Crippen molar-refractivity contribution < 1.29 is 22.3 Å². The lowest BCUT2D eigenvalue weighted by Crippen LogP contribution is -2.34. The molecule has 0 aromatic heterocycles. The molecule has 0 aliphatic heterocycles. The highest BCUT2D eigenvalue weighted by molar-refractivity contribution is 5.36. The van der Waals surface area contributed by atoms with E-state index < -0.39 is 12.5 Å². The van der Waals surface area contributed by atoms with E-state index in [2.05, 4.69) is 11.7 Å². The van der Waals surface area contributed by atoms with Gasteiger partial charge in [0.05, 0.1) is 0 Å². The van der Waals surface area contributed by atoms with E-state index in [0.717, 1.165) is 32.1 Å². The molecule has 0 heterocycles. The van der Waals surface area contributed by atoms with Crippen LogP contribution in [0.3, 0.4) is 0 Å². The Kier molecular flexibility index (Phi) is 5.12. The lowest BCUT2D eigenvalue weighted by molar-refractivity contribution is -0.253. The van der Waals surface area contributed by atoms with E-state index in [1.165, 1.54) is 12.1 Å². The third kappa shape index (κ3) is 3.89. The van der Waals surface area contributed by atoms with Crippen LogP contribution in [0.1, 0.15) is 50.5 Å². The molecule has 1 aromatic carbocycles. The van der Waals surface area contributed by atoms with Crippen LogP contribution in [0.2, 0.25) is 0 Å². The van der Waals surface area contributed by atoms with E-state index in [1.54, 1.807) is 12.1 Å². The molecular weight excluding hydrogens is 284 g/mol. The molecule has 1 aliphatic carbocycles. The Morgan fingerprint density at radius 1 is 1.14 bits per heavy atom. The minimum atomic E-state index is -4.45. The van der Waals surface area contributed by atoms with Crippen molar-refractivity contribution in [2.45, 2.75) is 57.5 Å². The number of ether oxygens (including phenoxy) is 1. The molecule has 0 unspecified atom stereocenters. The number of alkyl halides is 4. The van der Waals surface area contributed by atoms with Crippen molar-refractivity contribution >= 4 is 0 Å². The summed E-state index contributed by atoms with van der Waals surface area (Å²) in [6.45, 7) is 2.14. The topological polar surface area (TPSA) is 9.23 Å². The van der Waals surface area contributed by atoms with Crippen molar-refractivity contribution in [3.05, 3.63) is 29.8 Å². The summed E-state index contributed by atoms with van der Waals surface area (Å²) in [7, 11) is 0. The van der Waals surface area contributed by atoms with Gasteiger partial charge < -0.3 is 4.74 Å². The van der Waals surface area contributed by atoms with Gasteiger partial charge in [0.2, 0.25) is 0 Å². The molecule has 0 bridgehead atoms. The van der Waals surface area contributed by atoms with Gasteiger partial charge in [-0.15, -0.1) is 0 Å². The number of para-hydroxylation sites is 1. The minimum absolute atomic E-state index is 0.109. The molecule has 1 saturated carbocycles. The van der Waals surface area contributed by atoms with Crippen LogP contribution in [0.15, 0.2) is 24.3 Å². The number of benzene rings is 1. The molecule has 1 fully saturated rings. The highest BCUT2D eigenvalue weighted by atomic mass is 19.3. The van der Waals surface area contributed by atoms with Gasteiger partial charge in [-0.05, 0) is 49.1 Å². The first-order valence-corrected chi connectivity index (χ1v) is 7.38. The van der Waals surface area contributed by atoms with E-state index in [0.29, 0.717) is 11.5 Å². The largest absolute Gasteiger partial charge is 0.461 e. The maximum absolute atomic E-state index is 13.1. The van der Waals surface area contributed by atoms with E-state index in [1.807, 2.05) is 0 Å². The Hall–Kier alpha value is -1.26. The van der Waals surface area contributed by atoms with E-state index >= 15 is 0 Å². The van der Waals surface area contributed by atoms with E-state index in [9.17, 15) is 17.6 Å². The summed E-state index contributed by atoms with van der Waals surface area (Å²) in [4.78, 5) is 0. The molecule has 0 amide bonds. The Labute approximate surface area is 122 Å². The van der Waals surface area contributed by atoms with Crippen LogP contribution in [0.4, 0.5) is 17.6 Å². The molecule has 118 valence electrons. The van der Waals surface area contributed by atoms with Gasteiger partial charge in [-0.2, -0.15) is 17.6 Å². The Balaban J connectivity index is 2.14. The molecular formula is C16H20F4O. The SMILES string of the molecule is CCC1CCC(c2ccccc2OC(F)(F)C(F)F)CC1. The van der Waals surface area contributed by atoms with Gasteiger partial charge in [-0.1, -0.05) is 31.5 Å². The van der Waals surface area contributed by atoms with Gasteiger partial charge in [0.15, 0.2) is 0 Å². The summed E-state index contributed by atoms with van der Waals surface area (Å²) < 4.78 is 55.2. The molecule has 0 spiro atoms. The Morgan fingerprint density at radius 3 is 2.33 bits per heavy atom. The normalized spacial score (nSPS) is 23.3. The van der Waals surface area contributed by atoms with Crippen LogP contribution in [-0.2, 0) is 0 Å². The predicted molar refractivity (Wildman–Crippen MR) is 73.0 cm³/mol. The monoisotopic (exact) mass is 304 g/mol. The van der Waals surface area contributed by atoms with Crippen molar-refractivity contribution in [3.8, 4) is 5.75 Å². The standard InChI is InChI=1S/C16H20F4O/c1-2-11-7-9-12(10-8-11)13-5-3-4-6-14(13)21-16(19,20)15(17)18/h3-6,11-12,15H,2,7-10H2,1H3. The lowest BCUT2D eigenvalue weighted by atomic mass is 9.77. The molecule has 5 heteroatoms. The second-order valence-electron chi connectivity index (χ2n) is 5.63. The number of halogens is 4. The molecule has 1 aromatic rings. The average molecular weight is 304 g/mol. The zero-order valence-electron chi connectivity index (χ0n) is 12.0. The molecule has 0 atom stereocenters. The van der Waals surface area contributed by atoms with Crippen LogP contribution >= 0.6 is 0 Å². The second kappa shape index (κ2) is 6.67. The Morgan fingerprint density at radius 2 is 1.76 bits per heavy atom. The van der Waals surface area contributed by atoms with Gasteiger partial charge in [0, 0.05) is 0 Å². The average Bonchev–Trinajstić information content (AvgIpc) is 2.47. The molecule has 0 N–H and O–H groups in total.